The molecule has 2 heterocycles. The highest BCUT2D eigenvalue weighted by Crippen LogP contribution is 2.32. The van der Waals surface area contributed by atoms with Gasteiger partial charge in [0.25, 0.3) is 0 Å². The van der Waals surface area contributed by atoms with Crippen molar-refractivity contribution in [2.45, 2.75) is 26.4 Å². The maximum Gasteiger partial charge on any atom is 0.161 e. The third-order valence-electron chi connectivity index (χ3n) is 4.39. The molecule has 0 spiro atoms. The van der Waals surface area contributed by atoms with Crippen molar-refractivity contribution in [1.29, 1.82) is 0 Å². The van der Waals surface area contributed by atoms with E-state index in [9.17, 15) is 0 Å². The highest BCUT2D eigenvalue weighted by atomic mass is 16.6. The van der Waals surface area contributed by atoms with Crippen LogP contribution in [0.25, 0.3) is 0 Å². The zero-order valence-electron chi connectivity index (χ0n) is 15.1. The lowest BCUT2D eigenvalue weighted by atomic mass is 10.1. The van der Waals surface area contributed by atoms with E-state index in [-0.39, 0.29) is 6.04 Å². The topological polar surface area (TPSA) is 51.6 Å². The van der Waals surface area contributed by atoms with Crippen LogP contribution in [0.3, 0.4) is 0 Å². The van der Waals surface area contributed by atoms with E-state index in [0.717, 1.165) is 29.6 Å². The monoisotopic (exact) mass is 330 g/mol. The van der Waals surface area contributed by atoms with Crippen molar-refractivity contribution in [2.24, 2.45) is 7.05 Å². The van der Waals surface area contributed by atoms with Gasteiger partial charge in [0, 0.05) is 39.3 Å². The number of aryl methyl sites for hydroxylation is 2. The zero-order valence-corrected chi connectivity index (χ0v) is 15.1. The van der Waals surface area contributed by atoms with Crippen LogP contribution in [0.1, 0.15) is 29.8 Å². The Hall–Kier alpha value is -2.21. The molecule has 0 radical (unpaired) electrons. The number of hydrogen-bond donors (Lipinski definition) is 1. The first-order valence-corrected chi connectivity index (χ1v) is 8.30. The fourth-order valence-corrected chi connectivity index (χ4v) is 3.16. The number of rotatable bonds is 5. The van der Waals surface area contributed by atoms with Gasteiger partial charge in [-0.15, -0.1) is 0 Å². The molecule has 0 unspecified atom stereocenters. The molecule has 1 aliphatic rings. The molecule has 1 aromatic carbocycles. The van der Waals surface area contributed by atoms with Crippen LogP contribution >= 0.6 is 0 Å². The predicted octanol–water partition coefficient (Wildman–Crippen LogP) is 2.42. The van der Waals surface area contributed by atoms with Gasteiger partial charge in [-0.25, -0.2) is 0 Å². The lowest BCUT2D eigenvalue weighted by Crippen LogP contribution is -2.22. The summed E-state index contributed by atoms with van der Waals surface area (Å²) in [5.41, 5.74) is 3.47. The van der Waals surface area contributed by atoms with Crippen molar-refractivity contribution >= 4 is 5.82 Å². The average molecular weight is 330 g/mol. The first kappa shape index (κ1) is 16.6. The normalized spacial score (nSPS) is 14.5. The number of anilines is 1. The summed E-state index contributed by atoms with van der Waals surface area (Å²) >= 11 is 0. The van der Waals surface area contributed by atoms with E-state index >= 15 is 0 Å². The molecule has 1 aliphatic heterocycles. The Labute approximate surface area is 143 Å². The van der Waals surface area contributed by atoms with Crippen LogP contribution in [0.4, 0.5) is 5.82 Å². The Balaban J connectivity index is 1.73. The van der Waals surface area contributed by atoms with Crippen molar-refractivity contribution in [2.75, 3.05) is 32.2 Å². The molecular weight excluding hydrogens is 304 g/mol. The maximum atomic E-state index is 5.68. The van der Waals surface area contributed by atoms with Gasteiger partial charge < -0.3 is 19.7 Å². The summed E-state index contributed by atoms with van der Waals surface area (Å²) in [5, 5.41) is 8.13. The summed E-state index contributed by atoms with van der Waals surface area (Å²) in [5.74, 6) is 2.79. The highest BCUT2D eigenvalue weighted by Gasteiger charge is 2.17. The quantitative estimate of drug-likeness (QED) is 0.912. The summed E-state index contributed by atoms with van der Waals surface area (Å²) < 4.78 is 13.2. The Bertz CT molecular complexity index is 724. The molecule has 6 heteroatoms. The molecule has 0 aliphatic carbocycles. The van der Waals surface area contributed by atoms with Crippen molar-refractivity contribution in [3.63, 3.8) is 0 Å². The number of ether oxygens (including phenoxy) is 2. The number of benzene rings is 1. The van der Waals surface area contributed by atoms with E-state index in [4.69, 9.17) is 9.47 Å². The molecule has 6 nitrogen and oxygen atoms in total. The summed E-state index contributed by atoms with van der Waals surface area (Å²) in [6, 6.07) is 6.35. The fourth-order valence-electron chi connectivity index (χ4n) is 3.16. The first-order valence-electron chi connectivity index (χ1n) is 8.30. The van der Waals surface area contributed by atoms with Gasteiger partial charge in [0.1, 0.15) is 19.0 Å². The van der Waals surface area contributed by atoms with E-state index < -0.39 is 0 Å². The van der Waals surface area contributed by atoms with Gasteiger partial charge in [0.15, 0.2) is 11.5 Å². The molecule has 2 aromatic rings. The van der Waals surface area contributed by atoms with Gasteiger partial charge in [0.2, 0.25) is 0 Å². The Kier molecular flexibility index (Phi) is 4.66. The van der Waals surface area contributed by atoms with Crippen LogP contribution in [0.2, 0.25) is 0 Å². The standard InChI is InChI=1S/C18H26N4O2/c1-12(14-6-7-16-17(10-14)24-9-8-23-16)19-11-15-13(2)20-22(5)18(15)21(3)4/h6-7,10,12,19H,8-9,11H2,1-5H3/t12-/m1/s1. The summed E-state index contributed by atoms with van der Waals surface area (Å²) in [6.45, 7) is 6.21. The van der Waals surface area contributed by atoms with Crippen molar-refractivity contribution in [1.82, 2.24) is 15.1 Å². The maximum absolute atomic E-state index is 5.68. The lowest BCUT2D eigenvalue weighted by molar-refractivity contribution is 0.171. The van der Waals surface area contributed by atoms with Crippen molar-refractivity contribution < 1.29 is 9.47 Å². The molecule has 130 valence electrons. The van der Waals surface area contributed by atoms with E-state index in [2.05, 4.69) is 41.3 Å². The fraction of sp³-hybridized carbons (Fsp3) is 0.500. The van der Waals surface area contributed by atoms with E-state index in [1.165, 1.54) is 11.1 Å². The lowest BCUT2D eigenvalue weighted by Gasteiger charge is -2.21. The number of hydrogen-bond acceptors (Lipinski definition) is 5. The van der Waals surface area contributed by atoms with Crippen LogP contribution in [0.5, 0.6) is 11.5 Å². The molecule has 24 heavy (non-hydrogen) atoms. The van der Waals surface area contributed by atoms with Gasteiger partial charge in [0.05, 0.1) is 5.69 Å². The third-order valence-corrected chi connectivity index (χ3v) is 4.39. The highest BCUT2D eigenvalue weighted by molar-refractivity contribution is 5.49. The molecule has 3 rings (SSSR count). The number of fused-ring (bicyclic) bond motifs is 1. The largest absolute Gasteiger partial charge is 0.486 e. The molecule has 0 saturated carbocycles. The van der Waals surface area contributed by atoms with E-state index in [1.54, 1.807) is 0 Å². The number of aromatic nitrogens is 2. The predicted molar refractivity (Wildman–Crippen MR) is 95.0 cm³/mol. The minimum absolute atomic E-state index is 0.204. The summed E-state index contributed by atoms with van der Waals surface area (Å²) in [6.07, 6.45) is 0. The van der Waals surface area contributed by atoms with Crippen molar-refractivity contribution in [3.8, 4) is 11.5 Å². The number of nitrogens with one attached hydrogen (secondary N) is 1. The first-order chi connectivity index (χ1) is 11.5. The van der Waals surface area contributed by atoms with Crippen LogP contribution < -0.4 is 19.7 Å². The molecule has 0 amide bonds. The Morgan fingerprint density at radius 1 is 1.25 bits per heavy atom. The summed E-state index contributed by atoms with van der Waals surface area (Å²) in [7, 11) is 6.07. The molecule has 0 saturated heterocycles. The van der Waals surface area contributed by atoms with Crippen LogP contribution in [0.15, 0.2) is 18.2 Å². The molecule has 0 fully saturated rings. The number of nitrogens with zero attached hydrogens (tertiary/aromatic N) is 3. The van der Waals surface area contributed by atoms with Gasteiger partial charge in [-0.3, -0.25) is 4.68 Å². The second-order valence-corrected chi connectivity index (χ2v) is 6.41. The van der Waals surface area contributed by atoms with Gasteiger partial charge >= 0.3 is 0 Å². The second kappa shape index (κ2) is 6.73. The summed E-state index contributed by atoms with van der Waals surface area (Å²) in [4.78, 5) is 2.10. The SMILES string of the molecule is Cc1nn(C)c(N(C)C)c1CN[C@H](C)c1ccc2c(c1)OCCO2. The molecule has 1 N–H and O–H groups in total. The van der Waals surface area contributed by atoms with E-state index in [0.29, 0.717) is 13.2 Å². The molecule has 0 bridgehead atoms. The molecular formula is C18H26N4O2. The minimum atomic E-state index is 0.204. The van der Waals surface area contributed by atoms with E-state index in [1.807, 2.05) is 31.9 Å². The Morgan fingerprint density at radius 2 is 1.96 bits per heavy atom. The minimum Gasteiger partial charge on any atom is -0.486 e. The van der Waals surface area contributed by atoms with Gasteiger partial charge in [-0.1, -0.05) is 6.07 Å². The average Bonchev–Trinajstić information content (AvgIpc) is 2.85. The Morgan fingerprint density at radius 3 is 2.67 bits per heavy atom. The van der Waals surface area contributed by atoms with Gasteiger partial charge in [-0.05, 0) is 31.5 Å². The third kappa shape index (κ3) is 3.19. The van der Waals surface area contributed by atoms with Crippen molar-refractivity contribution in [3.05, 3.63) is 35.0 Å². The molecule has 1 aromatic heterocycles. The van der Waals surface area contributed by atoms with Gasteiger partial charge in [-0.2, -0.15) is 5.10 Å². The second-order valence-electron chi connectivity index (χ2n) is 6.41. The van der Waals surface area contributed by atoms with Crippen LogP contribution in [-0.4, -0.2) is 37.1 Å². The zero-order chi connectivity index (χ0) is 17.3. The smallest absolute Gasteiger partial charge is 0.161 e. The van der Waals surface area contributed by atoms with Crippen LogP contribution in [-0.2, 0) is 13.6 Å². The van der Waals surface area contributed by atoms with Crippen LogP contribution in [0, 0.1) is 6.92 Å². The molecule has 1 atom stereocenters.